The zero-order valence-corrected chi connectivity index (χ0v) is 8.03. The summed E-state index contributed by atoms with van der Waals surface area (Å²) in [4.78, 5) is 11.3. The summed E-state index contributed by atoms with van der Waals surface area (Å²) in [7, 11) is 1.89. The summed E-state index contributed by atoms with van der Waals surface area (Å²) in [6.07, 6.45) is 2.61. The van der Waals surface area contributed by atoms with Crippen LogP contribution < -0.4 is 10.9 Å². The fourth-order valence-corrected chi connectivity index (χ4v) is 1.16. The van der Waals surface area contributed by atoms with Gasteiger partial charge in [0.1, 0.15) is 0 Å². The van der Waals surface area contributed by atoms with E-state index in [0.717, 1.165) is 6.42 Å². The third kappa shape index (κ3) is 2.66. The summed E-state index contributed by atoms with van der Waals surface area (Å²) in [5.74, 6) is 0. The first kappa shape index (κ1) is 9.92. The minimum Gasteiger partial charge on any atom is -0.315 e. The quantitative estimate of drug-likeness (QED) is 0.724. The van der Waals surface area contributed by atoms with Gasteiger partial charge in [0.2, 0.25) is 0 Å². The molecule has 1 atom stereocenters. The molecule has 0 aliphatic heterocycles. The molecular formula is C9H15N3O. The molecule has 13 heavy (non-hydrogen) atoms. The van der Waals surface area contributed by atoms with E-state index in [1.54, 1.807) is 12.3 Å². The standard InChI is InChI=1S/C9H15N3O/c1-3-8(10-2)7-12-9(13)5-4-6-11-12/h4-6,8,10H,3,7H2,1-2H3. The number of nitrogens with zero attached hydrogens (tertiary/aromatic N) is 2. The number of hydrogen-bond acceptors (Lipinski definition) is 3. The SMILES string of the molecule is CCC(Cn1ncccc1=O)NC. The number of aromatic nitrogens is 2. The van der Waals surface area contributed by atoms with Gasteiger partial charge in [0.15, 0.2) is 0 Å². The summed E-state index contributed by atoms with van der Waals surface area (Å²) in [5.41, 5.74) is -0.0452. The predicted molar refractivity (Wildman–Crippen MR) is 51.6 cm³/mol. The molecule has 1 aromatic rings. The molecule has 4 heteroatoms. The average Bonchev–Trinajstić information content (AvgIpc) is 2.17. The fraction of sp³-hybridized carbons (Fsp3) is 0.556. The molecule has 1 unspecified atom stereocenters. The molecule has 0 radical (unpaired) electrons. The Labute approximate surface area is 77.6 Å². The fourth-order valence-electron chi connectivity index (χ4n) is 1.16. The molecule has 0 spiro atoms. The van der Waals surface area contributed by atoms with Crippen LogP contribution in [0, 0.1) is 0 Å². The average molecular weight is 181 g/mol. The highest BCUT2D eigenvalue weighted by molar-refractivity contribution is 4.85. The van der Waals surface area contributed by atoms with Gasteiger partial charge in [-0.3, -0.25) is 4.79 Å². The van der Waals surface area contributed by atoms with Crippen LogP contribution in [0.25, 0.3) is 0 Å². The lowest BCUT2D eigenvalue weighted by Gasteiger charge is -2.13. The Morgan fingerprint density at radius 3 is 3.00 bits per heavy atom. The molecule has 1 N–H and O–H groups in total. The highest BCUT2D eigenvalue weighted by atomic mass is 16.1. The second-order valence-corrected chi connectivity index (χ2v) is 2.94. The molecule has 0 aliphatic rings. The molecule has 72 valence electrons. The molecule has 0 bridgehead atoms. The first-order chi connectivity index (χ1) is 6.27. The van der Waals surface area contributed by atoms with E-state index in [4.69, 9.17) is 0 Å². The topological polar surface area (TPSA) is 46.9 Å². The Bertz CT molecular complexity index is 304. The van der Waals surface area contributed by atoms with Gasteiger partial charge in [0.05, 0.1) is 6.54 Å². The zero-order chi connectivity index (χ0) is 9.68. The van der Waals surface area contributed by atoms with E-state index < -0.39 is 0 Å². The zero-order valence-electron chi connectivity index (χ0n) is 8.03. The summed E-state index contributed by atoms with van der Waals surface area (Å²) in [6, 6.07) is 3.49. The van der Waals surface area contributed by atoms with Crippen molar-refractivity contribution in [1.29, 1.82) is 0 Å². The largest absolute Gasteiger partial charge is 0.315 e. The molecule has 0 saturated heterocycles. The van der Waals surface area contributed by atoms with Gasteiger partial charge in [-0.2, -0.15) is 5.10 Å². The highest BCUT2D eigenvalue weighted by Crippen LogP contribution is 1.91. The van der Waals surface area contributed by atoms with Gasteiger partial charge in [-0.05, 0) is 19.5 Å². The van der Waals surface area contributed by atoms with E-state index in [1.165, 1.54) is 10.7 Å². The number of hydrogen-bond donors (Lipinski definition) is 1. The van der Waals surface area contributed by atoms with Crippen LogP contribution in [-0.4, -0.2) is 22.9 Å². The first-order valence-electron chi connectivity index (χ1n) is 4.47. The van der Waals surface area contributed by atoms with E-state index in [2.05, 4.69) is 17.3 Å². The molecule has 1 rings (SSSR count). The molecule has 0 amide bonds. The van der Waals surface area contributed by atoms with Crippen LogP contribution in [0.2, 0.25) is 0 Å². The number of likely N-dealkylation sites (N-methyl/N-ethyl adjacent to an activating group) is 1. The Morgan fingerprint density at radius 2 is 2.46 bits per heavy atom. The summed E-state index contributed by atoms with van der Waals surface area (Å²) in [5, 5.41) is 7.11. The Hall–Kier alpha value is -1.16. The van der Waals surface area contributed by atoms with Crippen molar-refractivity contribution in [2.45, 2.75) is 25.9 Å². The van der Waals surface area contributed by atoms with Crippen molar-refractivity contribution in [2.75, 3.05) is 7.05 Å². The third-order valence-corrected chi connectivity index (χ3v) is 2.08. The molecule has 0 saturated carbocycles. The smallest absolute Gasteiger partial charge is 0.266 e. The van der Waals surface area contributed by atoms with Crippen LogP contribution in [0.5, 0.6) is 0 Å². The van der Waals surface area contributed by atoms with Crippen molar-refractivity contribution in [1.82, 2.24) is 15.1 Å². The van der Waals surface area contributed by atoms with Gasteiger partial charge in [-0.25, -0.2) is 4.68 Å². The number of rotatable bonds is 4. The lowest BCUT2D eigenvalue weighted by molar-refractivity contribution is 0.429. The van der Waals surface area contributed by atoms with Crippen molar-refractivity contribution in [2.24, 2.45) is 0 Å². The van der Waals surface area contributed by atoms with Gasteiger partial charge in [-0.1, -0.05) is 6.92 Å². The monoisotopic (exact) mass is 181 g/mol. The van der Waals surface area contributed by atoms with Crippen LogP contribution in [0.1, 0.15) is 13.3 Å². The second kappa shape index (κ2) is 4.77. The lowest BCUT2D eigenvalue weighted by Crippen LogP contribution is -2.34. The van der Waals surface area contributed by atoms with Crippen molar-refractivity contribution >= 4 is 0 Å². The maximum atomic E-state index is 11.3. The van der Waals surface area contributed by atoms with Gasteiger partial charge in [-0.15, -0.1) is 0 Å². The Morgan fingerprint density at radius 1 is 1.69 bits per heavy atom. The van der Waals surface area contributed by atoms with Gasteiger partial charge < -0.3 is 5.32 Å². The van der Waals surface area contributed by atoms with Crippen LogP contribution in [0.15, 0.2) is 23.1 Å². The first-order valence-corrected chi connectivity index (χ1v) is 4.47. The minimum absolute atomic E-state index is 0.0452. The molecule has 0 aromatic carbocycles. The van der Waals surface area contributed by atoms with Crippen LogP contribution in [0.4, 0.5) is 0 Å². The van der Waals surface area contributed by atoms with E-state index in [-0.39, 0.29) is 5.56 Å². The molecule has 0 aliphatic carbocycles. The maximum absolute atomic E-state index is 11.3. The maximum Gasteiger partial charge on any atom is 0.266 e. The third-order valence-electron chi connectivity index (χ3n) is 2.08. The van der Waals surface area contributed by atoms with E-state index >= 15 is 0 Å². The van der Waals surface area contributed by atoms with Crippen LogP contribution in [0.3, 0.4) is 0 Å². The van der Waals surface area contributed by atoms with E-state index in [1.807, 2.05) is 7.05 Å². The predicted octanol–water partition coefficient (Wildman–Crippen LogP) is 0.241. The highest BCUT2D eigenvalue weighted by Gasteiger charge is 2.04. The molecule has 1 heterocycles. The van der Waals surface area contributed by atoms with Crippen LogP contribution in [-0.2, 0) is 6.54 Å². The molecular weight excluding hydrogens is 166 g/mol. The number of nitrogens with one attached hydrogen (secondary N) is 1. The van der Waals surface area contributed by atoms with Crippen molar-refractivity contribution in [3.8, 4) is 0 Å². The molecule has 1 aromatic heterocycles. The summed E-state index contributed by atoms with van der Waals surface area (Å²) < 4.78 is 1.48. The molecule has 4 nitrogen and oxygen atoms in total. The van der Waals surface area contributed by atoms with Crippen LogP contribution >= 0.6 is 0 Å². The van der Waals surface area contributed by atoms with Crippen molar-refractivity contribution < 1.29 is 0 Å². The lowest BCUT2D eigenvalue weighted by atomic mass is 10.2. The normalized spacial score (nSPS) is 12.8. The minimum atomic E-state index is -0.0452. The van der Waals surface area contributed by atoms with Gasteiger partial charge >= 0.3 is 0 Å². The Balaban J connectivity index is 2.73. The van der Waals surface area contributed by atoms with E-state index in [0.29, 0.717) is 12.6 Å². The molecule has 0 fully saturated rings. The summed E-state index contributed by atoms with van der Waals surface area (Å²) >= 11 is 0. The van der Waals surface area contributed by atoms with Gasteiger partial charge in [0.25, 0.3) is 5.56 Å². The van der Waals surface area contributed by atoms with Crippen molar-refractivity contribution in [3.05, 3.63) is 28.7 Å². The second-order valence-electron chi connectivity index (χ2n) is 2.94. The van der Waals surface area contributed by atoms with E-state index in [9.17, 15) is 4.79 Å². The van der Waals surface area contributed by atoms with Crippen molar-refractivity contribution in [3.63, 3.8) is 0 Å². The van der Waals surface area contributed by atoms with Gasteiger partial charge in [0, 0.05) is 18.3 Å². The Kier molecular flexibility index (Phi) is 3.64. The summed E-state index contributed by atoms with van der Waals surface area (Å²) in [6.45, 7) is 2.71.